The number of pyridine rings is 1. The van der Waals surface area contributed by atoms with E-state index in [-0.39, 0.29) is 11.1 Å². The highest BCUT2D eigenvalue weighted by Crippen LogP contribution is 2.56. The zero-order chi connectivity index (χ0) is 23.0. The normalized spacial score (nSPS) is 21.3. The van der Waals surface area contributed by atoms with Crippen LogP contribution in [-0.4, -0.2) is 43.8 Å². The van der Waals surface area contributed by atoms with Crippen LogP contribution >= 0.6 is 11.6 Å². The molecule has 2 aliphatic heterocycles. The van der Waals surface area contributed by atoms with E-state index in [0.717, 1.165) is 61.4 Å². The molecule has 7 nitrogen and oxygen atoms in total. The second kappa shape index (κ2) is 7.24. The van der Waals surface area contributed by atoms with Crippen molar-refractivity contribution in [2.75, 3.05) is 18.0 Å². The van der Waals surface area contributed by atoms with Gasteiger partial charge in [0.15, 0.2) is 17.3 Å². The van der Waals surface area contributed by atoms with E-state index in [0.29, 0.717) is 17.8 Å². The molecule has 0 unspecified atom stereocenters. The fourth-order valence-electron chi connectivity index (χ4n) is 6.05. The first-order chi connectivity index (χ1) is 16.5. The monoisotopic (exact) mass is 475 g/mol. The molecule has 172 valence electrons. The third-order valence-corrected chi connectivity index (χ3v) is 8.09. The standard InChI is InChI=1S/C25H23ClFN7/c26-17-1-5-21-15(7-17)11-32(18-2-3-18)12-23-30-31-24(34(21)23)16-8-25(9-16)13-33(14-25)22-6-4-19(27)20(10-28)29-22/h1,4-7,16,18H,2-3,8-9,11-14H2. The Balaban J connectivity index is 1.12. The number of aromatic nitrogens is 4. The Labute approximate surface area is 201 Å². The molecule has 0 atom stereocenters. The summed E-state index contributed by atoms with van der Waals surface area (Å²) in [6.07, 6.45) is 4.58. The molecule has 0 radical (unpaired) electrons. The molecule has 1 spiro atoms. The molecule has 2 aromatic heterocycles. The quantitative estimate of drug-likeness (QED) is 0.565. The van der Waals surface area contributed by atoms with Crippen molar-refractivity contribution in [3.63, 3.8) is 0 Å². The van der Waals surface area contributed by atoms with Crippen molar-refractivity contribution in [2.45, 2.75) is 50.7 Å². The number of rotatable bonds is 3. The molecule has 34 heavy (non-hydrogen) atoms. The Kier molecular flexibility index (Phi) is 4.33. The highest BCUT2D eigenvalue weighted by Gasteiger charge is 2.54. The summed E-state index contributed by atoms with van der Waals surface area (Å²) in [6, 6.07) is 11.6. The Morgan fingerprint density at radius 2 is 1.91 bits per heavy atom. The van der Waals surface area contributed by atoms with Crippen LogP contribution in [0, 0.1) is 22.6 Å². The molecule has 4 heterocycles. The predicted octanol–water partition coefficient (Wildman–Crippen LogP) is 4.19. The van der Waals surface area contributed by atoms with E-state index in [1.165, 1.54) is 24.5 Å². The zero-order valence-electron chi connectivity index (χ0n) is 18.6. The lowest BCUT2D eigenvalue weighted by Crippen LogP contribution is -2.62. The van der Waals surface area contributed by atoms with Crippen LogP contribution in [-0.2, 0) is 13.1 Å². The van der Waals surface area contributed by atoms with Crippen molar-refractivity contribution >= 4 is 17.4 Å². The average molecular weight is 476 g/mol. The number of halogens is 2. The lowest BCUT2D eigenvalue weighted by atomic mass is 9.57. The second-order valence-corrected chi connectivity index (χ2v) is 10.7. The van der Waals surface area contributed by atoms with Crippen molar-refractivity contribution < 1.29 is 4.39 Å². The third kappa shape index (κ3) is 3.14. The molecule has 7 rings (SSSR count). The molecule has 0 bridgehead atoms. The molecule has 1 saturated heterocycles. The van der Waals surface area contributed by atoms with Gasteiger partial charge in [-0.15, -0.1) is 10.2 Å². The van der Waals surface area contributed by atoms with Crippen molar-refractivity contribution in [3.8, 4) is 11.8 Å². The van der Waals surface area contributed by atoms with Gasteiger partial charge in [-0.05, 0) is 61.6 Å². The van der Waals surface area contributed by atoms with Crippen LogP contribution in [0.5, 0.6) is 0 Å². The minimum absolute atomic E-state index is 0.143. The lowest BCUT2D eigenvalue weighted by Gasteiger charge is -2.59. The average Bonchev–Trinajstić information content (AvgIpc) is 3.56. The number of hydrogen-bond donors (Lipinski definition) is 0. The fourth-order valence-corrected chi connectivity index (χ4v) is 6.25. The maximum atomic E-state index is 13.6. The van der Waals surface area contributed by atoms with Gasteiger partial charge in [-0.2, -0.15) is 5.26 Å². The van der Waals surface area contributed by atoms with E-state index in [1.807, 2.05) is 12.1 Å². The number of hydrogen-bond acceptors (Lipinski definition) is 6. The van der Waals surface area contributed by atoms with Crippen LogP contribution < -0.4 is 4.90 Å². The van der Waals surface area contributed by atoms with Gasteiger partial charge in [-0.3, -0.25) is 9.47 Å². The summed E-state index contributed by atoms with van der Waals surface area (Å²) in [5.74, 6) is 2.52. The van der Waals surface area contributed by atoms with Gasteiger partial charge in [0.1, 0.15) is 17.7 Å². The molecular formula is C25H23ClFN7. The van der Waals surface area contributed by atoms with E-state index >= 15 is 0 Å². The Morgan fingerprint density at radius 1 is 1.09 bits per heavy atom. The molecule has 1 aromatic carbocycles. The van der Waals surface area contributed by atoms with Gasteiger partial charge in [-0.25, -0.2) is 9.37 Å². The van der Waals surface area contributed by atoms with E-state index in [2.05, 4.69) is 41.7 Å². The Bertz CT molecular complexity index is 1340. The number of nitrogens with zero attached hydrogens (tertiary/aromatic N) is 7. The van der Waals surface area contributed by atoms with Crippen molar-refractivity contribution in [1.82, 2.24) is 24.6 Å². The maximum absolute atomic E-state index is 13.6. The molecule has 3 fully saturated rings. The number of anilines is 1. The van der Waals surface area contributed by atoms with Gasteiger partial charge in [0.05, 0.1) is 12.2 Å². The molecule has 2 saturated carbocycles. The lowest BCUT2D eigenvalue weighted by molar-refractivity contribution is 0.0581. The number of benzene rings is 1. The van der Waals surface area contributed by atoms with Crippen molar-refractivity contribution in [3.05, 3.63) is 64.1 Å². The van der Waals surface area contributed by atoms with E-state index in [4.69, 9.17) is 16.9 Å². The largest absolute Gasteiger partial charge is 0.355 e. The van der Waals surface area contributed by atoms with E-state index in [1.54, 1.807) is 6.07 Å². The molecule has 0 N–H and O–H groups in total. The Hall–Kier alpha value is -3.02. The highest BCUT2D eigenvalue weighted by molar-refractivity contribution is 6.30. The first kappa shape index (κ1) is 20.4. The summed E-state index contributed by atoms with van der Waals surface area (Å²) < 4.78 is 15.9. The van der Waals surface area contributed by atoms with Gasteiger partial charge < -0.3 is 4.90 Å². The Morgan fingerprint density at radius 3 is 2.68 bits per heavy atom. The topological polar surface area (TPSA) is 73.9 Å². The molecule has 9 heteroatoms. The van der Waals surface area contributed by atoms with Crippen molar-refractivity contribution in [2.24, 2.45) is 5.41 Å². The predicted molar refractivity (Wildman–Crippen MR) is 124 cm³/mol. The summed E-state index contributed by atoms with van der Waals surface area (Å²) in [5, 5.41) is 19.1. The van der Waals surface area contributed by atoms with E-state index < -0.39 is 5.82 Å². The van der Waals surface area contributed by atoms with Crippen LogP contribution in [0.3, 0.4) is 0 Å². The second-order valence-electron chi connectivity index (χ2n) is 10.3. The van der Waals surface area contributed by atoms with Gasteiger partial charge in [-0.1, -0.05) is 11.6 Å². The summed E-state index contributed by atoms with van der Waals surface area (Å²) in [7, 11) is 0. The molecule has 0 amide bonds. The van der Waals surface area contributed by atoms with E-state index in [9.17, 15) is 4.39 Å². The van der Waals surface area contributed by atoms with Crippen LogP contribution in [0.1, 0.15) is 54.5 Å². The first-order valence-electron chi connectivity index (χ1n) is 11.8. The van der Waals surface area contributed by atoms with Gasteiger partial charge in [0, 0.05) is 42.0 Å². The maximum Gasteiger partial charge on any atom is 0.178 e. The molecular weight excluding hydrogens is 453 g/mol. The zero-order valence-corrected chi connectivity index (χ0v) is 19.3. The minimum atomic E-state index is -0.570. The minimum Gasteiger partial charge on any atom is -0.355 e. The summed E-state index contributed by atoms with van der Waals surface area (Å²) in [4.78, 5) is 8.81. The summed E-state index contributed by atoms with van der Waals surface area (Å²) >= 11 is 6.36. The van der Waals surface area contributed by atoms with Crippen LogP contribution in [0.2, 0.25) is 5.02 Å². The SMILES string of the molecule is N#Cc1nc(N2CC3(CC(c4nnc5n4-c4ccc(Cl)cc4CN(C4CC4)C5)C3)C2)ccc1F. The highest BCUT2D eigenvalue weighted by atomic mass is 35.5. The fraction of sp³-hybridized carbons (Fsp3) is 0.440. The van der Waals surface area contributed by atoms with Crippen LogP contribution in [0.25, 0.3) is 5.69 Å². The van der Waals surface area contributed by atoms with Crippen molar-refractivity contribution in [1.29, 1.82) is 5.26 Å². The van der Waals surface area contributed by atoms with Crippen LogP contribution in [0.15, 0.2) is 30.3 Å². The number of fused-ring (bicyclic) bond motifs is 3. The molecule has 3 aromatic rings. The van der Waals surface area contributed by atoms with Gasteiger partial charge in [0.25, 0.3) is 0 Å². The van der Waals surface area contributed by atoms with Crippen LogP contribution in [0.4, 0.5) is 10.2 Å². The summed E-state index contributed by atoms with van der Waals surface area (Å²) in [6.45, 7) is 3.45. The smallest absolute Gasteiger partial charge is 0.178 e. The third-order valence-electron chi connectivity index (χ3n) is 7.86. The first-order valence-corrected chi connectivity index (χ1v) is 12.2. The number of nitriles is 1. The van der Waals surface area contributed by atoms with Gasteiger partial charge in [0.2, 0.25) is 0 Å². The summed E-state index contributed by atoms with van der Waals surface area (Å²) in [5.41, 5.74) is 2.47. The molecule has 4 aliphatic rings. The molecule has 2 aliphatic carbocycles. The van der Waals surface area contributed by atoms with Gasteiger partial charge >= 0.3 is 0 Å².